The highest BCUT2D eigenvalue weighted by molar-refractivity contribution is 4.88. The van der Waals surface area contributed by atoms with E-state index < -0.39 is 0 Å². The predicted molar refractivity (Wildman–Crippen MR) is 69.5 cm³/mol. The monoisotopic (exact) mass is 224 g/mol. The fourth-order valence-corrected chi connectivity index (χ4v) is 3.28. The molecule has 2 aliphatic carbocycles. The lowest BCUT2D eigenvalue weighted by atomic mass is 9.72. The van der Waals surface area contributed by atoms with Gasteiger partial charge in [0.2, 0.25) is 0 Å². The number of nitrogens with zero attached hydrogens (tertiary/aromatic N) is 1. The molecule has 0 amide bonds. The molecule has 0 aromatic heterocycles. The SMILES string of the molecule is CCN(CCC1(CN)CCCCC1)C1CC1. The number of hydrogen-bond acceptors (Lipinski definition) is 2. The van der Waals surface area contributed by atoms with E-state index in [1.54, 1.807) is 0 Å². The van der Waals surface area contributed by atoms with E-state index >= 15 is 0 Å². The first kappa shape index (κ1) is 12.4. The zero-order valence-electron chi connectivity index (χ0n) is 10.9. The Bertz CT molecular complexity index is 205. The van der Waals surface area contributed by atoms with Crippen LogP contribution in [0.4, 0.5) is 0 Å². The van der Waals surface area contributed by atoms with Crippen molar-refractivity contribution in [2.45, 2.75) is 64.3 Å². The molecule has 2 nitrogen and oxygen atoms in total. The number of hydrogen-bond donors (Lipinski definition) is 1. The standard InChI is InChI=1S/C14H28N2/c1-2-16(13-6-7-13)11-10-14(12-15)8-4-3-5-9-14/h13H,2-12,15H2,1H3. The normalized spacial score (nSPS) is 24.9. The highest BCUT2D eigenvalue weighted by Crippen LogP contribution is 2.39. The van der Waals surface area contributed by atoms with E-state index in [0.29, 0.717) is 5.41 Å². The molecular formula is C14H28N2. The van der Waals surface area contributed by atoms with Gasteiger partial charge in [-0.05, 0) is 57.2 Å². The van der Waals surface area contributed by atoms with Crippen LogP contribution in [-0.2, 0) is 0 Å². The van der Waals surface area contributed by atoms with Crippen molar-refractivity contribution in [1.82, 2.24) is 4.90 Å². The lowest BCUT2D eigenvalue weighted by Gasteiger charge is -2.38. The summed E-state index contributed by atoms with van der Waals surface area (Å²) in [4.78, 5) is 2.67. The Balaban J connectivity index is 1.80. The molecule has 0 spiro atoms. The van der Waals surface area contributed by atoms with E-state index in [-0.39, 0.29) is 0 Å². The second-order valence-corrected chi connectivity index (χ2v) is 5.87. The summed E-state index contributed by atoms with van der Waals surface area (Å²) in [5.74, 6) is 0. The first-order chi connectivity index (χ1) is 7.79. The van der Waals surface area contributed by atoms with Crippen molar-refractivity contribution in [3.63, 3.8) is 0 Å². The van der Waals surface area contributed by atoms with Crippen molar-refractivity contribution in [1.29, 1.82) is 0 Å². The third kappa shape index (κ3) is 2.98. The molecule has 0 radical (unpaired) electrons. The Kier molecular flexibility index (Phi) is 4.26. The van der Waals surface area contributed by atoms with Crippen LogP contribution >= 0.6 is 0 Å². The van der Waals surface area contributed by atoms with Crippen LogP contribution in [0.1, 0.15) is 58.3 Å². The Hall–Kier alpha value is -0.0800. The zero-order chi connectivity index (χ0) is 11.4. The van der Waals surface area contributed by atoms with Gasteiger partial charge in [-0.15, -0.1) is 0 Å². The van der Waals surface area contributed by atoms with Crippen LogP contribution < -0.4 is 5.73 Å². The lowest BCUT2D eigenvalue weighted by Crippen LogP contribution is -2.37. The summed E-state index contributed by atoms with van der Waals surface area (Å²) < 4.78 is 0. The molecular weight excluding hydrogens is 196 g/mol. The van der Waals surface area contributed by atoms with Gasteiger partial charge in [0.15, 0.2) is 0 Å². The summed E-state index contributed by atoms with van der Waals surface area (Å²) >= 11 is 0. The Labute approximate surface area is 101 Å². The fourth-order valence-electron chi connectivity index (χ4n) is 3.28. The topological polar surface area (TPSA) is 29.3 Å². The van der Waals surface area contributed by atoms with Crippen LogP contribution in [0.15, 0.2) is 0 Å². The molecule has 0 saturated heterocycles. The van der Waals surface area contributed by atoms with E-state index in [0.717, 1.165) is 12.6 Å². The lowest BCUT2D eigenvalue weighted by molar-refractivity contribution is 0.146. The van der Waals surface area contributed by atoms with Crippen molar-refractivity contribution >= 4 is 0 Å². The molecule has 2 heteroatoms. The zero-order valence-corrected chi connectivity index (χ0v) is 10.9. The van der Waals surface area contributed by atoms with Crippen molar-refractivity contribution in [2.75, 3.05) is 19.6 Å². The van der Waals surface area contributed by atoms with Crippen molar-refractivity contribution in [3.05, 3.63) is 0 Å². The van der Waals surface area contributed by atoms with Crippen LogP contribution in [0.3, 0.4) is 0 Å². The minimum atomic E-state index is 0.501. The second kappa shape index (κ2) is 5.50. The van der Waals surface area contributed by atoms with Gasteiger partial charge < -0.3 is 10.6 Å². The first-order valence-corrected chi connectivity index (χ1v) is 7.24. The maximum atomic E-state index is 6.04. The summed E-state index contributed by atoms with van der Waals surface area (Å²) in [5, 5.41) is 0. The minimum absolute atomic E-state index is 0.501. The molecule has 16 heavy (non-hydrogen) atoms. The van der Waals surface area contributed by atoms with Gasteiger partial charge in [0.05, 0.1) is 0 Å². The molecule has 0 aromatic carbocycles. The molecule has 2 fully saturated rings. The van der Waals surface area contributed by atoms with E-state index in [1.165, 1.54) is 64.5 Å². The fraction of sp³-hybridized carbons (Fsp3) is 1.00. The summed E-state index contributed by atoms with van der Waals surface area (Å²) in [7, 11) is 0. The maximum absolute atomic E-state index is 6.04. The van der Waals surface area contributed by atoms with Crippen molar-refractivity contribution in [2.24, 2.45) is 11.1 Å². The van der Waals surface area contributed by atoms with Gasteiger partial charge in [-0.2, -0.15) is 0 Å². The van der Waals surface area contributed by atoms with Gasteiger partial charge in [-0.25, -0.2) is 0 Å². The average Bonchev–Trinajstić information content (AvgIpc) is 3.16. The van der Waals surface area contributed by atoms with E-state index in [9.17, 15) is 0 Å². The number of nitrogens with two attached hydrogens (primary N) is 1. The highest BCUT2D eigenvalue weighted by atomic mass is 15.2. The molecule has 0 aliphatic heterocycles. The Morgan fingerprint density at radius 2 is 1.88 bits per heavy atom. The van der Waals surface area contributed by atoms with E-state index in [2.05, 4.69) is 11.8 Å². The van der Waals surface area contributed by atoms with Crippen molar-refractivity contribution < 1.29 is 0 Å². The van der Waals surface area contributed by atoms with Crippen LogP contribution in [0.2, 0.25) is 0 Å². The predicted octanol–water partition coefficient (Wildman–Crippen LogP) is 2.77. The van der Waals surface area contributed by atoms with E-state index in [4.69, 9.17) is 5.73 Å². The summed E-state index contributed by atoms with van der Waals surface area (Å²) in [6.07, 6.45) is 11.2. The van der Waals surface area contributed by atoms with Gasteiger partial charge in [-0.3, -0.25) is 0 Å². The van der Waals surface area contributed by atoms with Crippen LogP contribution in [0.25, 0.3) is 0 Å². The first-order valence-electron chi connectivity index (χ1n) is 7.24. The average molecular weight is 224 g/mol. The molecule has 0 aromatic rings. The summed E-state index contributed by atoms with van der Waals surface area (Å²) in [6, 6.07) is 0.920. The maximum Gasteiger partial charge on any atom is 0.00963 e. The second-order valence-electron chi connectivity index (χ2n) is 5.87. The van der Waals surface area contributed by atoms with Crippen LogP contribution in [0.5, 0.6) is 0 Å². The quantitative estimate of drug-likeness (QED) is 0.751. The van der Waals surface area contributed by atoms with Crippen molar-refractivity contribution in [3.8, 4) is 0 Å². The van der Waals surface area contributed by atoms with Gasteiger partial charge in [-0.1, -0.05) is 26.2 Å². The molecule has 0 atom stereocenters. The molecule has 0 bridgehead atoms. The number of rotatable bonds is 6. The van der Waals surface area contributed by atoms with Crippen LogP contribution in [-0.4, -0.2) is 30.6 Å². The summed E-state index contributed by atoms with van der Waals surface area (Å²) in [5.41, 5.74) is 6.54. The molecule has 0 unspecified atom stereocenters. The molecule has 2 N–H and O–H groups in total. The molecule has 0 heterocycles. The van der Waals surface area contributed by atoms with Gasteiger partial charge in [0.1, 0.15) is 0 Å². The molecule has 2 aliphatic rings. The largest absolute Gasteiger partial charge is 0.330 e. The smallest absolute Gasteiger partial charge is 0.00963 e. The van der Waals surface area contributed by atoms with Gasteiger partial charge >= 0.3 is 0 Å². The molecule has 2 saturated carbocycles. The third-order valence-electron chi connectivity index (χ3n) is 4.75. The Morgan fingerprint density at radius 1 is 1.19 bits per heavy atom. The van der Waals surface area contributed by atoms with E-state index in [1.807, 2.05) is 0 Å². The van der Waals surface area contributed by atoms with Crippen LogP contribution in [0, 0.1) is 5.41 Å². The molecule has 94 valence electrons. The Morgan fingerprint density at radius 3 is 2.38 bits per heavy atom. The molecule has 2 rings (SSSR count). The highest BCUT2D eigenvalue weighted by Gasteiger charge is 2.33. The minimum Gasteiger partial charge on any atom is -0.330 e. The third-order valence-corrected chi connectivity index (χ3v) is 4.75. The summed E-state index contributed by atoms with van der Waals surface area (Å²) in [6.45, 7) is 5.73. The van der Waals surface area contributed by atoms with Gasteiger partial charge in [0, 0.05) is 6.04 Å². The van der Waals surface area contributed by atoms with Gasteiger partial charge in [0.25, 0.3) is 0 Å².